The third kappa shape index (κ3) is 3.30. The van der Waals surface area contributed by atoms with Gasteiger partial charge in [0.1, 0.15) is 17.7 Å². The Bertz CT molecular complexity index is 650. The number of halogens is 3. The Balaban J connectivity index is 2.15. The predicted octanol–water partition coefficient (Wildman–Crippen LogP) is 4.21. The van der Waals surface area contributed by atoms with E-state index in [9.17, 15) is 8.78 Å². The molecule has 2 rings (SSSR count). The van der Waals surface area contributed by atoms with E-state index in [1.807, 2.05) is 0 Å². The van der Waals surface area contributed by atoms with Crippen LogP contribution in [-0.4, -0.2) is 0 Å². The van der Waals surface area contributed by atoms with E-state index in [1.165, 1.54) is 30.3 Å². The zero-order valence-corrected chi connectivity index (χ0v) is 11.3. The molecule has 2 aromatic rings. The topological polar surface area (TPSA) is 35.8 Å². The standard InChI is InChI=1S/C14H9BrF2N2/c15-13-3-1-11(16)5-10(13)8-19-12-2-4-14(17)9(6-12)7-18/h1-6,19H,8H2. The highest BCUT2D eigenvalue weighted by Gasteiger charge is 2.04. The van der Waals surface area contributed by atoms with Crippen molar-refractivity contribution in [1.82, 2.24) is 0 Å². The van der Waals surface area contributed by atoms with Crippen LogP contribution in [-0.2, 0) is 6.54 Å². The summed E-state index contributed by atoms with van der Waals surface area (Å²) in [7, 11) is 0. The van der Waals surface area contributed by atoms with Crippen LogP contribution in [0.3, 0.4) is 0 Å². The lowest BCUT2D eigenvalue weighted by Gasteiger charge is -2.09. The van der Waals surface area contributed by atoms with E-state index in [2.05, 4.69) is 21.2 Å². The van der Waals surface area contributed by atoms with Gasteiger partial charge in [-0.3, -0.25) is 0 Å². The van der Waals surface area contributed by atoms with Crippen LogP contribution >= 0.6 is 15.9 Å². The maximum atomic E-state index is 13.1. The summed E-state index contributed by atoms with van der Waals surface area (Å²) in [5, 5.41) is 11.8. The average Bonchev–Trinajstić information content (AvgIpc) is 2.41. The molecule has 19 heavy (non-hydrogen) atoms. The van der Waals surface area contributed by atoms with Gasteiger partial charge in [0.05, 0.1) is 5.56 Å². The molecule has 0 saturated heterocycles. The van der Waals surface area contributed by atoms with Crippen LogP contribution in [0.15, 0.2) is 40.9 Å². The number of benzene rings is 2. The van der Waals surface area contributed by atoms with E-state index in [1.54, 1.807) is 12.1 Å². The minimum absolute atomic E-state index is 0.0247. The Hall–Kier alpha value is -1.93. The lowest BCUT2D eigenvalue weighted by Crippen LogP contribution is -2.01. The summed E-state index contributed by atoms with van der Waals surface area (Å²) in [6.45, 7) is 0.370. The third-order valence-corrected chi connectivity index (χ3v) is 3.35. The zero-order chi connectivity index (χ0) is 13.8. The molecule has 0 heterocycles. The van der Waals surface area contributed by atoms with Gasteiger partial charge in [0.25, 0.3) is 0 Å². The largest absolute Gasteiger partial charge is 0.381 e. The summed E-state index contributed by atoms with van der Waals surface area (Å²) in [6.07, 6.45) is 0. The van der Waals surface area contributed by atoms with Crippen molar-refractivity contribution in [1.29, 1.82) is 5.26 Å². The van der Waals surface area contributed by atoms with Gasteiger partial charge in [0.15, 0.2) is 0 Å². The maximum Gasteiger partial charge on any atom is 0.141 e. The second-order valence-electron chi connectivity index (χ2n) is 3.90. The first-order valence-electron chi connectivity index (χ1n) is 5.47. The minimum Gasteiger partial charge on any atom is -0.381 e. The highest BCUT2D eigenvalue weighted by molar-refractivity contribution is 9.10. The van der Waals surface area contributed by atoms with Crippen molar-refractivity contribution in [3.63, 3.8) is 0 Å². The van der Waals surface area contributed by atoms with E-state index in [-0.39, 0.29) is 11.4 Å². The van der Waals surface area contributed by atoms with Crippen molar-refractivity contribution in [2.24, 2.45) is 0 Å². The third-order valence-electron chi connectivity index (χ3n) is 2.58. The molecule has 0 aliphatic carbocycles. The molecule has 0 spiro atoms. The highest BCUT2D eigenvalue weighted by atomic mass is 79.9. The monoisotopic (exact) mass is 322 g/mol. The molecule has 0 aliphatic rings. The minimum atomic E-state index is -0.556. The van der Waals surface area contributed by atoms with Crippen LogP contribution in [0, 0.1) is 23.0 Å². The van der Waals surface area contributed by atoms with Gasteiger partial charge < -0.3 is 5.32 Å². The fourth-order valence-electron chi connectivity index (χ4n) is 1.60. The van der Waals surface area contributed by atoms with Crippen LogP contribution < -0.4 is 5.32 Å². The molecule has 0 unspecified atom stereocenters. The van der Waals surface area contributed by atoms with Gasteiger partial charge in [-0.25, -0.2) is 8.78 Å². The Morgan fingerprint density at radius 1 is 1.16 bits per heavy atom. The summed E-state index contributed by atoms with van der Waals surface area (Å²) in [5.74, 6) is -0.878. The molecule has 2 nitrogen and oxygen atoms in total. The van der Waals surface area contributed by atoms with E-state index >= 15 is 0 Å². The smallest absolute Gasteiger partial charge is 0.141 e. The molecule has 0 atom stereocenters. The molecule has 96 valence electrons. The first kappa shape index (κ1) is 13.5. The number of nitriles is 1. The lowest BCUT2D eigenvalue weighted by molar-refractivity contribution is 0.624. The zero-order valence-electron chi connectivity index (χ0n) is 9.75. The van der Waals surface area contributed by atoms with Crippen molar-refractivity contribution < 1.29 is 8.78 Å². The van der Waals surface area contributed by atoms with Crippen molar-refractivity contribution in [2.75, 3.05) is 5.32 Å². The number of rotatable bonds is 3. The van der Waals surface area contributed by atoms with E-state index in [0.29, 0.717) is 12.2 Å². The van der Waals surface area contributed by atoms with Gasteiger partial charge in [-0.15, -0.1) is 0 Å². The second-order valence-corrected chi connectivity index (χ2v) is 4.75. The predicted molar refractivity (Wildman–Crippen MR) is 72.5 cm³/mol. The van der Waals surface area contributed by atoms with Crippen molar-refractivity contribution >= 4 is 21.6 Å². The first-order valence-corrected chi connectivity index (χ1v) is 6.27. The van der Waals surface area contributed by atoms with Gasteiger partial charge >= 0.3 is 0 Å². The van der Waals surface area contributed by atoms with Crippen molar-refractivity contribution in [2.45, 2.75) is 6.54 Å². The molecule has 0 bridgehead atoms. The number of nitrogens with one attached hydrogen (secondary N) is 1. The molecule has 2 aromatic carbocycles. The summed E-state index contributed by atoms with van der Waals surface area (Å²) in [4.78, 5) is 0. The summed E-state index contributed by atoms with van der Waals surface area (Å²) < 4.78 is 27.0. The van der Waals surface area contributed by atoms with E-state index < -0.39 is 5.82 Å². The fourth-order valence-corrected chi connectivity index (χ4v) is 1.98. The molecule has 0 aromatic heterocycles. The molecule has 1 N–H and O–H groups in total. The van der Waals surface area contributed by atoms with Crippen molar-refractivity contribution in [3.05, 3.63) is 63.6 Å². The van der Waals surface area contributed by atoms with Crippen LogP contribution in [0.4, 0.5) is 14.5 Å². The van der Waals surface area contributed by atoms with E-state index in [4.69, 9.17) is 5.26 Å². The summed E-state index contributed by atoms with van der Waals surface area (Å²) >= 11 is 3.32. The first-order chi connectivity index (χ1) is 9.10. The van der Waals surface area contributed by atoms with Gasteiger partial charge in [0, 0.05) is 16.7 Å². The maximum absolute atomic E-state index is 13.1. The quantitative estimate of drug-likeness (QED) is 0.918. The molecular formula is C14H9BrF2N2. The Labute approximate surface area is 117 Å². The second kappa shape index (κ2) is 5.81. The highest BCUT2D eigenvalue weighted by Crippen LogP contribution is 2.20. The summed E-state index contributed by atoms with van der Waals surface area (Å²) in [6, 6.07) is 10.3. The van der Waals surface area contributed by atoms with Gasteiger partial charge in [-0.2, -0.15) is 5.26 Å². The molecule has 0 aliphatic heterocycles. The molecule has 5 heteroatoms. The van der Waals surface area contributed by atoms with Crippen LogP contribution in [0.25, 0.3) is 0 Å². The number of hydrogen-bond acceptors (Lipinski definition) is 2. The Kier molecular flexibility index (Phi) is 4.13. The lowest BCUT2D eigenvalue weighted by atomic mass is 10.2. The molecule has 0 fully saturated rings. The van der Waals surface area contributed by atoms with Gasteiger partial charge in [-0.05, 0) is 42.0 Å². The molecule has 0 saturated carbocycles. The number of anilines is 1. The number of nitrogens with zero attached hydrogens (tertiary/aromatic N) is 1. The normalized spacial score (nSPS) is 10.0. The Morgan fingerprint density at radius 3 is 2.68 bits per heavy atom. The summed E-state index contributed by atoms with van der Waals surface area (Å²) in [5.41, 5.74) is 1.32. The van der Waals surface area contributed by atoms with Gasteiger partial charge in [0.2, 0.25) is 0 Å². The van der Waals surface area contributed by atoms with Crippen LogP contribution in [0.1, 0.15) is 11.1 Å². The molecule has 0 amide bonds. The van der Waals surface area contributed by atoms with Crippen LogP contribution in [0.2, 0.25) is 0 Å². The SMILES string of the molecule is N#Cc1cc(NCc2cc(F)ccc2Br)ccc1F. The van der Waals surface area contributed by atoms with Crippen LogP contribution in [0.5, 0.6) is 0 Å². The van der Waals surface area contributed by atoms with Crippen molar-refractivity contribution in [3.8, 4) is 6.07 Å². The molecule has 0 radical (unpaired) electrons. The number of hydrogen-bond donors (Lipinski definition) is 1. The Morgan fingerprint density at radius 2 is 1.95 bits per heavy atom. The van der Waals surface area contributed by atoms with Gasteiger partial charge in [-0.1, -0.05) is 15.9 Å². The molecular weight excluding hydrogens is 314 g/mol. The average molecular weight is 323 g/mol. The fraction of sp³-hybridized carbons (Fsp3) is 0.0714. The van der Waals surface area contributed by atoms with E-state index in [0.717, 1.165) is 10.0 Å².